The van der Waals surface area contributed by atoms with Crippen LogP contribution in [0.4, 0.5) is 5.69 Å². The first kappa shape index (κ1) is 20.6. The van der Waals surface area contributed by atoms with E-state index in [1.807, 2.05) is 26.0 Å². The molecule has 0 bridgehead atoms. The number of alkyl halides is 1. The van der Waals surface area contributed by atoms with Crippen LogP contribution in [-0.2, 0) is 12.3 Å². The number of nitrogens with one attached hydrogen (secondary N) is 1. The van der Waals surface area contributed by atoms with Gasteiger partial charge in [0.05, 0.1) is 10.7 Å². The number of anilines is 1. The van der Waals surface area contributed by atoms with Gasteiger partial charge in [-0.1, -0.05) is 42.3 Å². The molecule has 0 aliphatic heterocycles. The van der Waals surface area contributed by atoms with E-state index in [1.54, 1.807) is 24.3 Å². The first-order chi connectivity index (χ1) is 13.4. The number of halogens is 3. The lowest BCUT2D eigenvalue weighted by Crippen LogP contribution is -2.18. The van der Waals surface area contributed by atoms with Gasteiger partial charge in [0.25, 0.3) is 5.91 Å². The maximum absolute atomic E-state index is 12.8. The molecule has 0 unspecified atom stereocenters. The van der Waals surface area contributed by atoms with Crippen LogP contribution in [0.1, 0.15) is 34.2 Å². The maximum Gasteiger partial charge on any atom is 0.293 e. The normalized spacial score (nSPS) is 10.8. The highest BCUT2D eigenvalue weighted by Gasteiger charge is 2.16. The molecule has 0 aliphatic rings. The number of aryl methyl sites for hydroxylation is 2. The number of benzene rings is 2. The monoisotopic (exact) mass is 433 g/mol. The summed E-state index contributed by atoms with van der Waals surface area (Å²) in [5, 5.41) is 3.97. The van der Waals surface area contributed by atoms with E-state index in [0.29, 0.717) is 27.2 Å². The van der Waals surface area contributed by atoms with E-state index in [-0.39, 0.29) is 5.82 Å². The summed E-state index contributed by atoms with van der Waals surface area (Å²) >= 11 is 18.3. The Morgan fingerprint density at radius 2 is 1.93 bits per heavy atom. The van der Waals surface area contributed by atoms with Crippen molar-refractivity contribution in [1.29, 1.82) is 0 Å². The van der Waals surface area contributed by atoms with Gasteiger partial charge in [0, 0.05) is 28.4 Å². The van der Waals surface area contributed by atoms with Crippen molar-refractivity contribution in [2.45, 2.75) is 26.1 Å². The van der Waals surface area contributed by atoms with Gasteiger partial charge in [-0.25, -0.2) is 9.97 Å². The molecule has 2 aromatic carbocycles. The Hall–Kier alpha value is -2.14. The molecule has 3 rings (SSSR count). The zero-order chi connectivity index (χ0) is 20.3. The van der Waals surface area contributed by atoms with E-state index in [0.717, 1.165) is 28.8 Å². The minimum Gasteiger partial charge on any atom is -0.319 e. The number of nitrogens with zero attached hydrogens (tertiary/aromatic N) is 2. The van der Waals surface area contributed by atoms with E-state index < -0.39 is 5.91 Å². The fraction of sp³-hybridized carbons (Fsp3) is 0.190. The summed E-state index contributed by atoms with van der Waals surface area (Å²) in [7, 11) is 0. The lowest BCUT2D eigenvalue weighted by Gasteiger charge is -2.14. The summed E-state index contributed by atoms with van der Waals surface area (Å²) in [6, 6.07) is 10.7. The van der Waals surface area contributed by atoms with Gasteiger partial charge >= 0.3 is 0 Å². The lowest BCUT2D eigenvalue weighted by molar-refractivity contribution is 0.101. The molecule has 1 N–H and O–H groups in total. The van der Waals surface area contributed by atoms with E-state index in [1.165, 1.54) is 6.20 Å². The summed E-state index contributed by atoms with van der Waals surface area (Å²) < 4.78 is 0. The van der Waals surface area contributed by atoms with Crippen LogP contribution >= 0.6 is 34.8 Å². The molecule has 0 fully saturated rings. The number of aromatic nitrogens is 2. The standard InChI is InChI=1S/C21H18Cl3N3O/c1-3-14-9-13(11-22)8-12(2)19(14)27-21(28)20-25-7-6-18(26-20)16-10-15(23)4-5-17(16)24/h4-10H,3,11H2,1-2H3,(H,27,28). The number of hydrogen-bond donors (Lipinski definition) is 1. The van der Waals surface area contributed by atoms with Gasteiger partial charge < -0.3 is 5.32 Å². The van der Waals surface area contributed by atoms with Crippen LogP contribution in [-0.4, -0.2) is 15.9 Å². The summed E-state index contributed by atoms with van der Waals surface area (Å²) in [5.74, 6) is 0.0843. The van der Waals surface area contributed by atoms with Gasteiger partial charge in [-0.2, -0.15) is 0 Å². The van der Waals surface area contributed by atoms with Gasteiger partial charge in [0.1, 0.15) is 0 Å². The van der Waals surface area contributed by atoms with Crippen LogP contribution in [0.15, 0.2) is 42.6 Å². The SMILES string of the molecule is CCc1cc(CCl)cc(C)c1NC(=O)c1nccc(-c2cc(Cl)ccc2Cl)n1. The van der Waals surface area contributed by atoms with Crippen molar-refractivity contribution in [3.05, 3.63) is 75.2 Å². The Bertz CT molecular complexity index is 1040. The second kappa shape index (κ2) is 8.91. The summed E-state index contributed by atoms with van der Waals surface area (Å²) in [4.78, 5) is 21.3. The van der Waals surface area contributed by atoms with E-state index in [2.05, 4.69) is 15.3 Å². The first-order valence-electron chi connectivity index (χ1n) is 8.71. The Morgan fingerprint density at radius 3 is 2.64 bits per heavy atom. The predicted octanol–water partition coefficient (Wildman–Crippen LogP) is 6.31. The molecule has 0 aliphatic carbocycles. The first-order valence-corrected chi connectivity index (χ1v) is 10.00. The van der Waals surface area contributed by atoms with E-state index >= 15 is 0 Å². The van der Waals surface area contributed by atoms with Crippen LogP contribution in [0, 0.1) is 6.92 Å². The smallest absolute Gasteiger partial charge is 0.293 e. The number of carbonyl (C=O) groups excluding carboxylic acids is 1. The van der Waals surface area contributed by atoms with Crippen LogP contribution in [0.2, 0.25) is 10.0 Å². The highest BCUT2D eigenvalue weighted by molar-refractivity contribution is 6.35. The summed E-state index contributed by atoms with van der Waals surface area (Å²) in [6.07, 6.45) is 2.29. The summed E-state index contributed by atoms with van der Waals surface area (Å²) in [6.45, 7) is 3.97. The van der Waals surface area contributed by atoms with Crippen LogP contribution < -0.4 is 5.32 Å². The van der Waals surface area contributed by atoms with Gasteiger partial charge in [0.2, 0.25) is 5.82 Å². The van der Waals surface area contributed by atoms with Crippen molar-refractivity contribution < 1.29 is 4.79 Å². The Balaban J connectivity index is 1.94. The molecule has 1 aromatic heterocycles. The fourth-order valence-electron chi connectivity index (χ4n) is 2.96. The van der Waals surface area contributed by atoms with Crippen LogP contribution in [0.5, 0.6) is 0 Å². The molecular formula is C21H18Cl3N3O. The molecule has 1 amide bonds. The number of amides is 1. The van der Waals surface area contributed by atoms with Crippen molar-refractivity contribution in [1.82, 2.24) is 9.97 Å². The zero-order valence-corrected chi connectivity index (χ0v) is 17.7. The number of hydrogen-bond acceptors (Lipinski definition) is 3. The highest BCUT2D eigenvalue weighted by Crippen LogP contribution is 2.29. The molecule has 144 valence electrons. The van der Waals surface area contributed by atoms with Crippen molar-refractivity contribution in [3.8, 4) is 11.3 Å². The maximum atomic E-state index is 12.8. The van der Waals surface area contributed by atoms with Crippen LogP contribution in [0.25, 0.3) is 11.3 Å². The quantitative estimate of drug-likeness (QED) is 0.479. The highest BCUT2D eigenvalue weighted by atomic mass is 35.5. The van der Waals surface area contributed by atoms with Crippen molar-refractivity contribution in [3.63, 3.8) is 0 Å². The van der Waals surface area contributed by atoms with Crippen LogP contribution in [0.3, 0.4) is 0 Å². The molecule has 3 aromatic rings. The van der Waals surface area contributed by atoms with Gasteiger partial charge in [-0.05, 0) is 54.3 Å². The third-order valence-corrected chi connectivity index (χ3v) is 5.19. The Kier molecular flexibility index (Phi) is 6.55. The van der Waals surface area contributed by atoms with E-state index in [4.69, 9.17) is 34.8 Å². The molecule has 4 nitrogen and oxygen atoms in total. The van der Waals surface area contributed by atoms with E-state index in [9.17, 15) is 4.79 Å². The van der Waals surface area contributed by atoms with Crippen molar-refractivity contribution >= 4 is 46.4 Å². The Morgan fingerprint density at radius 1 is 1.14 bits per heavy atom. The van der Waals surface area contributed by atoms with Crippen molar-refractivity contribution in [2.24, 2.45) is 0 Å². The molecule has 0 saturated carbocycles. The van der Waals surface area contributed by atoms with Gasteiger partial charge in [-0.15, -0.1) is 11.6 Å². The molecule has 28 heavy (non-hydrogen) atoms. The average Bonchev–Trinajstić information content (AvgIpc) is 2.71. The number of rotatable bonds is 5. The third kappa shape index (κ3) is 4.46. The molecule has 1 heterocycles. The lowest BCUT2D eigenvalue weighted by atomic mass is 10.0. The topological polar surface area (TPSA) is 54.9 Å². The molecule has 0 radical (unpaired) electrons. The second-order valence-corrected chi connectivity index (χ2v) is 7.39. The molecule has 0 spiro atoms. The predicted molar refractivity (Wildman–Crippen MR) is 116 cm³/mol. The Labute approximate surface area is 178 Å². The fourth-order valence-corrected chi connectivity index (χ4v) is 3.50. The van der Waals surface area contributed by atoms with Crippen molar-refractivity contribution in [2.75, 3.05) is 5.32 Å². The third-order valence-electron chi connectivity index (χ3n) is 4.31. The molecule has 7 heteroatoms. The minimum absolute atomic E-state index is 0.0522. The molecule has 0 atom stereocenters. The van der Waals surface area contributed by atoms with Gasteiger partial charge in [-0.3, -0.25) is 4.79 Å². The second-order valence-electron chi connectivity index (χ2n) is 6.28. The van der Waals surface area contributed by atoms with Gasteiger partial charge in [0.15, 0.2) is 0 Å². The summed E-state index contributed by atoms with van der Waals surface area (Å²) in [5.41, 5.74) is 4.90. The molecular weight excluding hydrogens is 417 g/mol. The largest absolute Gasteiger partial charge is 0.319 e. The zero-order valence-electron chi connectivity index (χ0n) is 15.4. The number of carbonyl (C=O) groups is 1. The average molecular weight is 435 g/mol. The minimum atomic E-state index is -0.392. The molecule has 0 saturated heterocycles.